The molecule has 0 saturated carbocycles. The Morgan fingerprint density at radius 1 is 0.429 bits per heavy atom. The van der Waals surface area contributed by atoms with Crippen LogP contribution in [0.3, 0.4) is 0 Å². The Morgan fingerprint density at radius 2 is 0.714 bits per heavy atom. The molecule has 0 heteroatoms. The molecule has 0 N–H and O–H groups in total. The van der Waals surface area contributed by atoms with Crippen LogP contribution in [0.2, 0.25) is 0 Å². The van der Waals surface area contributed by atoms with Crippen LogP contribution in [0.25, 0.3) is 0 Å². The van der Waals surface area contributed by atoms with E-state index in [0.717, 1.165) is 0 Å². The maximum atomic E-state index is 2.25. The van der Waals surface area contributed by atoms with Crippen molar-refractivity contribution in [1.82, 2.24) is 0 Å². The maximum absolute atomic E-state index is 2.25. The first-order valence-corrected chi connectivity index (χ1v) is 10.5. The van der Waals surface area contributed by atoms with Gasteiger partial charge >= 0.3 is 0 Å². The van der Waals surface area contributed by atoms with E-state index in [0.29, 0.717) is 0 Å². The smallest absolute Gasteiger partial charge is 0.0108 e. The largest absolute Gasteiger partial charge is 0.0775 e. The Hall–Kier alpha value is -2.08. The van der Waals surface area contributed by atoms with E-state index in [1.54, 1.807) is 0 Å². The molecule has 0 aromatic rings. The minimum absolute atomic E-state index is 1.17. The monoisotopic (exact) mass is 376 g/mol. The van der Waals surface area contributed by atoms with Crippen molar-refractivity contribution in [2.75, 3.05) is 0 Å². The predicted molar refractivity (Wildman–Crippen MR) is 129 cm³/mol. The molecule has 152 valence electrons. The lowest BCUT2D eigenvalue weighted by Gasteiger charge is -1.87. The highest BCUT2D eigenvalue weighted by Gasteiger charge is 1.97. The highest BCUT2D eigenvalue weighted by atomic mass is 14.0. The van der Waals surface area contributed by atoms with Crippen LogP contribution in [-0.4, -0.2) is 0 Å². The molecule has 0 aliphatic heterocycles. The van der Waals surface area contributed by atoms with Crippen LogP contribution in [0.1, 0.15) is 81.1 Å². The van der Waals surface area contributed by atoms with Gasteiger partial charge in [-0.05, 0) is 81.1 Å². The Labute approximate surface area is 174 Å². The summed E-state index contributed by atoms with van der Waals surface area (Å²) < 4.78 is 0. The summed E-state index contributed by atoms with van der Waals surface area (Å²) in [5.74, 6) is 0. The molecule has 0 aromatic carbocycles. The molecular formula is C28H40. The fourth-order valence-corrected chi connectivity index (χ4v) is 3.34. The number of hydrogen-bond donors (Lipinski definition) is 0. The normalized spacial score (nSPS) is 19.1. The first-order chi connectivity index (χ1) is 13.2. The van der Waals surface area contributed by atoms with E-state index in [9.17, 15) is 0 Å². The molecule has 0 atom stereocenters. The Bertz CT molecular complexity index is 680. The second kappa shape index (κ2) is 12.4. The molecular weight excluding hydrogens is 336 g/mol. The topological polar surface area (TPSA) is 0 Å². The first-order valence-electron chi connectivity index (χ1n) is 10.5. The average molecular weight is 377 g/mol. The molecule has 0 saturated heterocycles. The molecule has 0 radical (unpaired) electrons. The van der Waals surface area contributed by atoms with Gasteiger partial charge in [-0.3, -0.25) is 0 Å². The van der Waals surface area contributed by atoms with Gasteiger partial charge in [0.2, 0.25) is 0 Å². The van der Waals surface area contributed by atoms with Crippen LogP contribution in [0.5, 0.6) is 0 Å². The minimum Gasteiger partial charge on any atom is -0.0775 e. The van der Waals surface area contributed by atoms with E-state index in [1.165, 1.54) is 70.3 Å². The molecule has 4 aliphatic carbocycles. The third-order valence-electron chi connectivity index (χ3n) is 4.86. The summed E-state index contributed by atoms with van der Waals surface area (Å²) in [5.41, 5.74) is 11.7. The van der Waals surface area contributed by atoms with E-state index in [2.05, 4.69) is 104 Å². The van der Waals surface area contributed by atoms with Gasteiger partial charge in [-0.25, -0.2) is 0 Å². The minimum atomic E-state index is 1.17. The molecule has 4 aliphatic rings. The molecule has 0 amide bonds. The van der Waals surface area contributed by atoms with Gasteiger partial charge in [0.25, 0.3) is 0 Å². The molecule has 0 spiro atoms. The summed E-state index contributed by atoms with van der Waals surface area (Å²) >= 11 is 0. The zero-order chi connectivity index (χ0) is 21.1. The molecule has 0 nitrogen and oxygen atoms in total. The maximum Gasteiger partial charge on any atom is -0.0108 e. The van der Waals surface area contributed by atoms with Gasteiger partial charge < -0.3 is 0 Å². The summed E-state index contributed by atoms with van der Waals surface area (Å²) in [6.45, 7) is 17.2. The van der Waals surface area contributed by atoms with E-state index >= 15 is 0 Å². The van der Waals surface area contributed by atoms with Crippen LogP contribution in [-0.2, 0) is 0 Å². The summed E-state index contributed by atoms with van der Waals surface area (Å²) in [7, 11) is 0. The zero-order valence-corrected chi connectivity index (χ0v) is 19.4. The van der Waals surface area contributed by atoms with E-state index in [4.69, 9.17) is 0 Å². The van der Waals surface area contributed by atoms with Crippen molar-refractivity contribution in [2.45, 2.75) is 81.1 Å². The Balaban J connectivity index is 0.000000187. The van der Waals surface area contributed by atoms with Crippen molar-refractivity contribution >= 4 is 0 Å². The molecule has 0 unspecified atom stereocenters. The van der Waals surface area contributed by atoms with Crippen molar-refractivity contribution in [2.24, 2.45) is 0 Å². The number of allylic oxidation sites excluding steroid dienone is 16. The highest BCUT2D eigenvalue weighted by Crippen LogP contribution is 2.17. The summed E-state index contributed by atoms with van der Waals surface area (Å²) in [6, 6.07) is 0. The van der Waals surface area contributed by atoms with Crippen molar-refractivity contribution in [3.8, 4) is 0 Å². The summed E-state index contributed by atoms with van der Waals surface area (Å²) in [5, 5.41) is 0. The van der Waals surface area contributed by atoms with E-state index in [-0.39, 0.29) is 0 Å². The van der Waals surface area contributed by atoms with E-state index in [1.807, 2.05) is 0 Å². The number of hydrogen-bond acceptors (Lipinski definition) is 0. The SMILES string of the molecule is CC1=CC=C(C)C1.CC1=CC=C(C)C1.CC1=CCC(C)=C1.CC1=CCC(C)=C1. The fourth-order valence-electron chi connectivity index (χ4n) is 3.34. The van der Waals surface area contributed by atoms with Gasteiger partial charge in [0.05, 0.1) is 0 Å². The quantitative estimate of drug-likeness (QED) is 0.395. The number of rotatable bonds is 0. The molecule has 0 heterocycles. The van der Waals surface area contributed by atoms with Gasteiger partial charge in [0, 0.05) is 0 Å². The van der Waals surface area contributed by atoms with Crippen molar-refractivity contribution in [1.29, 1.82) is 0 Å². The summed E-state index contributed by atoms with van der Waals surface area (Å²) in [6.07, 6.45) is 22.4. The van der Waals surface area contributed by atoms with Gasteiger partial charge in [-0.15, -0.1) is 0 Å². The van der Waals surface area contributed by atoms with Crippen LogP contribution >= 0.6 is 0 Å². The molecule has 4 rings (SSSR count). The molecule has 0 fully saturated rings. The fraction of sp³-hybridized carbons (Fsp3) is 0.429. The lowest BCUT2D eigenvalue weighted by Crippen LogP contribution is -1.67. The van der Waals surface area contributed by atoms with Crippen molar-refractivity contribution in [3.05, 3.63) is 93.2 Å². The summed E-state index contributed by atoms with van der Waals surface area (Å²) in [4.78, 5) is 0. The average Bonchev–Trinajstić information content (AvgIpc) is 3.37. The van der Waals surface area contributed by atoms with Gasteiger partial charge in [-0.1, -0.05) is 93.2 Å². The second-order valence-corrected chi connectivity index (χ2v) is 8.69. The Kier molecular flexibility index (Phi) is 10.6. The van der Waals surface area contributed by atoms with Gasteiger partial charge in [0.15, 0.2) is 0 Å². The van der Waals surface area contributed by atoms with Gasteiger partial charge in [0.1, 0.15) is 0 Å². The van der Waals surface area contributed by atoms with E-state index < -0.39 is 0 Å². The standard InChI is InChI=1S/4C7H10/c4*1-6-3-4-7(2)5-6/h2*3,5H,4H2,1-2H3;2*3-4H,5H2,1-2H3. The molecule has 0 aromatic heterocycles. The van der Waals surface area contributed by atoms with Crippen molar-refractivity contribution < 1.29 is 0 Å². The van der Waals surface area contributed by atoms with Crippen LogP contribution in [0.4, 0.5) is 0 Å². The Morgan fingerprint density at radius 3 is 0.786 bits per heavy atom. The molecule has 0 bridgehead atoms. The van der Waals surface area contributed by atoms with Gasteiger partial charge in [-0.2, -0.15) is 0 Å². The predicted octanol–water partition coefficient (Wildman–Crippen LogP) is 9.13. The van der Waals surface area contributed by atoms with Crippen LogP contribution < -0.4 is 0 Å². The lowest BCUT2D eigenvalue weighted by molar-refractivity contribution is 1.15. The zero-order valence-electron chi connectivity index (χ0n) is 19.4. The lowest BCUT2D eigenvalue weighted by atomic mass is 10.2. The third-order valence-corrected chi connectivity index (χ3v) is 4.86. The van der Waals surface area contributed by atoms with Crippen LogP contribution in [0.15, 0.2) is 93.2 Å². The first kappa shape index (κ1) is 24.0. The third kappa shape index (κ3) is 10.9. The van der Waals surface area contributed by atoms with Crippen LogP contribution in [0, 0.1) is 0 Å². The van der Waals surface area contributed by atoms with Crippen molar-refractivity contribution in [3.63, 3.8) is 0 Å². The second-order valence-electron chi connectivity index (χ2n) is 8.69. The highest BCUT2D eigenvalue weighted by molar-refractivity contribution is 5.30. The molecule has 28 heavy (non-hydrogen) atoms.